The van der Waals surface area contributed by atoms with Crippen molar-refractivity contribution < 1.29 is 5.11 Å². The molecule has 0 saturated heterocycles. The van der Waals surface area contributed by atoms with E-state index in [2.05, 4.69) is 32.9 Å². The van der Waals surface area contributed by atoms with E-state index in [0.29, 0.717) is 5.75 Å². The third-order valence-electron chi connectivity index (χ3n) is 3.69. The first-order valence-corrected chi connectivity index (χ1v) is 7.94. The fourth-order valence-corrected chi connectivity index (χ4v) is 2.45. The van der Waals surface area contributed by atoms with Crippen molar-refractivity contribution >= 4 is 0 Å². The average Bonchev–Trinajstić information content (AvgIpc) is 2.37. The van der Waals surface area contributed by atoms with Gasteiger partial charge in [0.15, 0.2) is 0 Å². The van der Waals surface area contributed by atoms with Crippen LogP contribution in [0.5, 0.6) is 5.75 Å². The zero-order chi connectivity index (χ0) is 14.1. The van der Waals surface area contributed by atoms with Gasteiger partial charge in [-0.2, -0.15) is 0 Å². The second-order valence-electron chi connectivity index (χ2n) is 6.06. The van der Waals surface area contributed by atoms with Crippen LogP contribution >= 0.6 is 0 Å². The van der Waals surface area contributed by atoms with Crippen LogP contribution in [-0.2, 0) is 12.8 Å². The monoisotopic (exact) mass is 262 g/mol. The molecule has 0 radical (unpaired) electrons. The van der Waals surface area contributed by atoms with Crippen LogP contribution in [0.1, 0.15) is 70.4 Å². The minimum atomic E-state index is 0.473. The van der Waals surface area contributed by atoms with Gasteiger partial charge < -0.3 is 5.11 Å². The van der Waals surface area contributed by atoms with Gasteiger partial charge in [0.05, 0.1) is 0 Å². The Morgan fingerprint density at radius 3 is 2.47 bits per heavy atom. The molecule has 1 heteroatoms. The number of benzene rings is 1. The fourth-order valence-electron chi connectivity index (χ4n) is 2.45. The molecule has 0 aliphatic carbocycles. The molecule has 1 N–H and O–H groups in total. The maximum Gasteiger partial charge on any atom is 0.118 e. The molecule has 0 bridgehead atoms. The minimum Gasteiger partial charge on any atom is -0.508 e. The van der Waals surface area contributed by atoms with Crippen molar-refractivity contribution in [1.29, 1.82) is 0 Å². The van der Waals surface area contributed by atoms with E-state index < -0.39 is 0 Å². The molecule has 19 heavy (non-hydrogen) atoms. The van der Waals surface area contributed by atoms with Crippen LogP contribution in [0, 0.1) is 5.92 Å². The maximum atomic E-state index is 9.91. The minimum absolute atomic E-state index is 0.473. The third kappa shape index (κ3) is 6.66. The molecule has 0 amide bonds. The molecule has 1 rings (SSSR count). The van der Waals surface area contributed by atoms with Crippen molar-refractivity contribution in [3.8, 4) is 5.75 Å². The average molecular weight is 262 g/mol. The van der Waals surface area contributed by atoms with Crippen molar-refractivity contribution in [3.05, 3.63) is 29.3 Å². The van der Waals surface area contributed by atoms with Gasteiger partial charge in [0.1, 0.15) is 5.75 Å². The molecule has 0 saturated carbocycles. The summed E-state index contributed by atoms with van der Waals surface area (Å²) in [6.45, 7) is 6.75. The normalized spacial score (nSPS) is 11.2. The second kappa shape index (κ2) is 9.01. The van der Waals surface area contributed by atoms with E-state index in [4.69, 9.17) is 0 Å². The summed E-state index contributed by atoms with van der Waals surface area (Å²) in [5, 5.41) is 9.91. The van der Waals surface area contributed by atoms with Crippen molar-refractivity contribution in [3.63, 3.8) is 0 Å². The lowest BCUT2D eigenvalue weighted by Gasteiger charge is -2.09. The number of phenols is 1. The van der Waals surface area contributed by atoms with E-state index in [9.17, 15) is 5.11 Å². The molecular formula is C18H30O. The maximum absolute atomic E-state index is 9.91. The van der Waals surface area contributed by atoms with Crippen LogP contribution in [0.3, 0.4) is 0 Å². The molecule has 0 aliphatic rings. The first-order valence-electron chi connectivity index (χ1n) is 7.94. The van der Waals surface area contributed by atoms with Gasteiger partial charge in [0.25, 0.3) is 0 Å². The SMILES string of the molecule is CCCCCCc1ccc(O)c(CCCC(C)C)c1. The van der Waals surface area contributed by atoms with Gasteiger partial charge in [-0.3, -0.25) is 0 Å². The third-order valence-corrected chi connectivity index (χ3v) is 3.69. The molecule has 1 nitrogen and oxygen atoms in total. The van der Waals surface area contributed by atoms with Gasteiger partial charge in [0, 0.05) is 0 Å². The Hall–Kier alpha value is -0.980. The number of rotatable bonds is 9. The van der Waals surface area contributed by atoms with Gasteiger partial charge in [-0.05, 0) is 48.8 Å². The Balaban J connectivity index is 2.46. The van der Waals surface area contributed by atoms with E-state index >= 15 is 0 Å². The molecule has 0 atom stereocenters. The summed E-state index contributed by atoms with van der Waals surface area (Å²) in [4.78, 5) is 0. The largest absolute Gasteiger partial charge is 0.508 e. The summed E-state index contributed by atoms with van der Waals surface area (Å²) in [6.07, 6.45) is 9.77. The molecule has 0 aromatic heterocycles. The molecule has 0 unspecified atom stereocenters. The van der Waals surface area contributed by atoms with E-state index in [1.165, 1.54) is 44.1 Å². The second-order valence-corrected chi connectivity index (χ2v) is 6.06. The highest BCUT2D eigenvalue weighted by atomic mass is 16.3. The van der Waals surface area contributed by atoms with Gasteiger partial charge in [-0.15, -0.1) is 0 Å². The first kappa shape index (κ1) is 16.1. The van der Waals surface area contributed by atoms with Gasteiger partial charge >= 0.3 is 0 Å². The van der Waals surface area contributed by atoms with Gasteiger partial charge in [0.2, 0.25) is 0 Å². The molecule has 0 aliphatic heterocycles. The number of phenolic OH excluding ortho intramolecular Hbond substituents is 1. The fraction of sp³-hybridized carbons (Fsp3) is 0.667. The predicted molar refractivity (Wildman–Crippen MR) is 83.7 cm³/mol. The molecule has 108 valence electrons. The van der Waals surface area contributed by atoms with Crippen LogP contribution < -0.4 is 0 Å². The summed E-state index contributed by atoms with van der Waals surface area (Å²) >= 11 is 0. The molecule has 1 aromatic carbocycles. The van der Waals surface area contributed by atoms with Crippen molar-refractivity contribution in [2.24, 2.45) is 5.92 Å². The Kier molecular flexibility index (Phi) is 7.62. The Labute approximate surface area is 119 Å². The van der Waals surface area contributed by atoms with Gasteiger partial charge in [-0.1, -0.05) is 58.6 Å². The van der Waals surface area contributed by atoms with Crippen molar-refractivity contribution in [1.82, 2.24) is 0 Å². The number of unbranched alkanes of at least 4 members (excludes halogenated alkanes) is 3. The summed E-state index contributed by atoms with van der Waals surface area (Å²) in [5.74, 6) is 1.22. The highest BCUT2D eigenvalue weighted by molar-refractivity contribution is 5.36. The number of aromatic hydroxyl groups is 1. The molecular weight excluding hydrogens is 232 g/mol. The Morgan fingerprint density at radius 1 is 1.00 bits per heavy atom. The molecule has 0 heterocycles. The zero-order valence-corrected chi connectivity index (χ0v) is 12.9. The summed E-state index contributed by atoms with van der Waals surface area (Å²) in [5.41, 5.74) is 2.52. The van der Waals surface area contributed by atoms with E-state index in [-0.39, 0.29) is 0 Å². The highest BCUT2D eigenvalue weighted by Crippen LogP contribution is 2.22. The van der Waals surface area contributed by atoms with Crippen LogP contribution in [0.15, 0.2) is 18.2 Å². The van der Waals surface area contributed by atoms with E-state index in [1.54, 1.807) is 0 Å². The van der Waals surface area contributed by atoms with Crippen LogP contribution in [0.2, 0.25) is 0 Å². The lowest BCUT2D eigenvalue weighted by molar-refractivity contribution is 0.463. The van der Waals surface area contributed by atoms with Crippen LogP contribution in [-0.4, -0.2) is 5.11 Å². The van der Waals surface area contributed by atoms with Crippen LogP contribution in [0.25, 0.3) is 0 Å². The number of hydrogen-bond acceptors (Lipinski definition) is 1. The Morgan fingerprint density at radius 2 is 1.79 bits per heavy atom. The molecule has 0 fully saturated rings. The molecule has 0 spiro atoms. The van der Waals surface area contributed by atoms with Gasteiger partial charge in [-0.25, -0.2) is 0 Å². The van der Waals surface area contributed by atoms with Crippen molar-refractivity contribution in [2.75, 3.05) is 0 Å². The smallest absolute Gasteiger partial charge is 0.118 e. The number of aryl methyl sites for hydroxylation is 2. The highest BCUT2D eigenvalue weighted by Gasteiger charge is 2.04. The van der Waals surface area contributed by atoms with Crippen LogP contribution in [0.4, 0.5) is 0 Å². The zero-order valence-electron chi connectivity index (χ0n) is 12.9. The quantitative estimate of drug-likeness (QED) is 0.583. The summed E-state index contributed by atoms with van der Waals surface area (Å²) in [6, 6.07) is 6.16. The lowest BCUT2D eigenvalue weighted by atomic mass is 9.98. The van der Waals surface area contributed by atoms with E-state index in [0.717, 1.165) is 24.3 Å². The summed E-state index contributed by atoms with van der Waals surface area (Å²) in [7, 11) is 0. The van der Waals surface area contributed by atoms with Crippen molar-refractivity contribution in [2.45, 2.75) is 72.1 Å². The predicted octanol–water partition coefficient (Wildman–Crippen LogP) is 5.49. The first-order chi connectivity index (χ1) is 9.13. The molecule has 1 aromatic rings. The van der Waals surface area contributed by atoms with E-state index in [1.807, 2.05) is 6.07 Å². The standard InChI is InChI=1S/C18H30O/c1-4-5-6-7-10-16-12-13-18(19)17(14-16)11-8-9-15(2)3/h12-15,19H,4-11H2,1-3H3. The Bertz CT molecular complexity index is 355. The number of hydrogen-bond donors (Lipinski definition) is 1. The summed E-state index contributed by atoms with van der Waals surface area (Å²) < 4.78 is 0. The topological polar surface area (TPSA) is 20.2 Å². The lowest BCUT2D eigenvalue weighted by Crippen LogP contribution is -1.94.